The fourth-order valence-electron chi connectivity index (χ4n) is 2.56. The number of nitrogens with one attached hydrogen (secondary N) is 1. The van der Waals surface area contributed by atoms with Crippen LogP contribution in [0.2, 0.25) is 0 Å². The van der Waals surface area contributed by atoms with Gasteiger partial charge in [-0.1, -0.05) is 24.2 Å². The molecule has 0 bridgehead atoms. The number of aliphatic hydroxyl groups excluding tert-OH is 1. The standard InChI is InChI=1S/C17H25N3O6S/c1-3-20(9-10-21)27(23,24)15-6-4-13(5-7-15)16(17(22)18-2)19-26-14-8-11-25-12-14/h4-7,14,21H,3,8-12H2,1-2H3,(H,18,22)/b19-16+/t14-/m1/s1. The smallest absolute Gasteiger partial charge is 0.273 e. The van der Waals surface area contributed by atoms with Crippen molar-refractivity contribution in [3.63, 3.8) is 0 Å². The number of hydrogen-bond donors (Lipinski definition) is 2. The Hall–Kier alpha value is -2.01. The SMILES string of the molecule is CCN(CCO)S(=O)(=O)c1ccc(/C(=N\O[C@@H]2CCOC2)C(=O)NC)cc1. The summed E-state index contributed by atoms with van der Waals surface area (Å²) in [7, 11) is -2.25. The summed E-state index contributed by atoms with van der Waals surface area (Å²) in [4.78, 5) is 17.6. The molecule has 1 amide bonds. The summed E-state index contributed by atoms with van der Waals surface area (Å²) >= 11 is 0. The first-order valence-electron chi connectivity index (χ1n) is 8.69. The first kappa shape index (κ1) is 21.3. The van der Waals surface area contributed by atoms with E-state index in [1.165, 1.54) is 35.6 Å². The number of rotatable bonds is 9. The summed E-state index contributed by atoms with van der Waals surface area (Å²) in [6.45, 7) is 2.70. The lowest BCUT2D eigenvalue weighted by molar-refractivity contribution is -0.114. The predicted octanol–water partition coefficient (Wildman–Crippen LogP) is -0.0549. The molecule has 150 valence electrons. The first-order chi connectivity index (χ1) is 12.9. The van der Waals surface area contributed by atoms with Crippen LogP contribution < -0.4 is 5.32 Å². The third-order valence-electron chi connectivity index (χ3n) is 4.09. The summed E-state index contributed by atoms with van der Waals surface area (Å²) in [5, 5.41) is 15.5. The molecule has 9 nitrogen and oxygen atoms in total. The Labute approximate surface area is 159 Å². The van der Waals surface area contributed by atoms with Crippen molar-refractivity contribution < 1.29 is 27.9 Å². The number of likely N-dealkylation sites (N-methyl/N-ethyl adjacent to an activating group) is 2. The van der Waals surface area contributed by atoms with Crippen molar-refractivity contribution in [3.05, 3.63) is 29.8 Å². The third kappa shape index (κ3) is 5.25. The summed E-state index contributed by atoms with van der Waals surface area (Å²) in [5.41, 5.74) is 0.480. The average Bonchev–Trinajstić information content (AvgIpc) is 3.19. The van der Waals surface area contributed by atoms with Crippen molar-refractivity contribution >= 4 is 21.6 Å². The third-order valence-corrected chi connectivity index (χ3v) is 6.08. The average molecular weight is 399 g/mol. The molecular formula is C17H25N3O6S. The highest BCUT2D eigenvalue weighted by atomic mass is 32.2. The molecule has 0 unspecified atom stereocenters. The number of amides is 1. The summed E-state index contributed by atoms with van der Waals surface area (Å²) in [6, 6.07) is 5.81. The van der Waals surface area contributed by atoms with Crippen LogP contribution in [-0.4, -0.2) is 75.5 Å². The second-order valence-electron chi connectivity index (χ2n) is 5.85. The zero-order valence-electron chi connectivity index (χ0n) is 15.4. The molecule has 2 rings (SSSR count). The van der Waals surface area contributed by atoms with E-state index in [0.29, 0.717) is 25.2 Å². The van der Waals surface area contributed by atoms with Gasteiger partial charge in [0.25, 0.3) is 5.91 Å². The maximum Gasteiger partial charge on any atom is 0.273 e. The van der Waals surface area contributed by atoms with Crippen molar-refractivity contribution in [1.29, 1.82) is 0 Å². The van der Waals surface area contributed by atoms with Crippen molar-refractivity contribution in [2.75, 3.05) is 40.0 Å². The van der Waals surface area contributed by atoms with Crippen molar-refractivity contribution in [2.24, 2.45) is 5.16 Å². The normalized spacial score (nSPS) is 17.9. The van der Waals surface area contributed by atoms with E-state index in [-0.39, 0.29) is 36.4 Å². The van der Waals surface area contributed by atoms with E-state index >= 15 is 0 Å². The van der Waals surface area contributed by atoms with Gasteiger partial charge in [-0.25, -0.2) is 8.42 Å². The lowest BCUT2D eigenvalue weighted by atomic mass is 10.1. The van der Waals surface area contributed by atoms with Crippen molar-refractivity contribution in [3.8, 4) is 0 Å². The zero-order valence-corrected chi connectivity index (χ0v) is 16.2. The maximum absolute atomic E-state index is 12.6. The number of oxime groups is 1. The van der Waals surface area contributed by atoms with Gasteiger partial charge in [-0.3, -0.25) is 4.79 Å². The molecule has 2 N–H and O–H groups in total. The Balaban J connectivity index is 2.26. The Kier molecular flexibility index (Phi) is 7.72. The molecule has 1 aromatic rings. The molecule has 1 saturated heterocycles. The highest BCUT2D eigenvalue weighted by molar-refractivity contribution is 7.89. The van der Waals surface area contributed by atoms with Gasteiger partial charge in [0, 0.05) is 32.1 Å². The minimum Gasteiger partial charge on any atom is -0.395 e. The van der Waals surface area contributed by atoms with Gasteiger partial charge in [-0.05, 0) is 12.1 Å². The number of sulfonamides is 1. The Morgan fingerprint density at radius 1 is 1.41 bits per heavy atom. The van der Waals surface area contributed by atoms with Crippen LogP contribution in [0.3, 0.4) is 0 Å². The quantitative estimate of drug-likeness (QED) is 0.444. The predicted molar refractivity (Wildman–Crippen MR) is 98.9 cm³/mol. The number of aliphatic hydroxyl groups is 1. The Morgan fingerprint density at radius 2 is 2.11 bits per heavy atom. The largest absolute Gasteiger partial charge is 0.395 e. The molecule has 27 heavy (non-hydrogen) atoms. The molecule has 1 aromatic carbocycles. The summed E-state index contributed by atoms with van der Waals surface area (Å²) < 4.78 is 31.6. The van der Waals surface area contributed by atoms with E-state index in [9.17, 15) is 13.2 Å². The fourth-order valence-corrected chi connectivity index (χ4v) is 4.00. The molecule has 0 aromatic heterocycles. The van der Waals surface area contributed by atoms with Gasteiger partial charge in [0.15, 0.2) is 11.8 Å². The van der Waals surface area contributed by atoms with E-state index < -0.39 is 15.9 Å². The lowest BCUT2D eigenvalue weighted by Gasteiger charge is -2.19. The van der Waals surface area contributed by atoms with E-state index in [0.717, 1.165) is 0 Å². The molecule has 1 aliphatic rings. The van der Waals surface area contributed by atoms with Gasteiger partial charge in [0.2, 0.25) is 10.0 Å². The highest BCUT2D eigenvalue weighted by Gasteiger charge is 2.24. The maximum atomic E-state index is 12.6. The second-order valence-corrected chi connectivity index (χ2v) is 7.79. The minimum atomic E-state index is -3.72. The lowest BCUT2D eigenvalue weighted by Crippen LogP contribution is -2.33. The summed E-state index contributed by atoms with van der Waals surface area (Å²) in [6.07, 6.45) is 0.486. The Morgan fingerprint density at radius 3 is 2.63 bits per heavy atom. The molecular weight excluding hydrogens is 374 g/mol. The minimum absolute atomic E-state index is 0.0167. The van der Waals surface area contributed by atoms with Crippen molar-refractivity contribution in [2.45, 2.75) is 24.3 Å². The van der Waals surface area contributed by atoms with Crippen LogP contribution >= 0.6 is 0 Å². The number of nitrogens with zero attached hydrogens (tertiary/aromatic N) is 2. The number of carbonyl (C=O) groups excluding carboxylic acids is 1. The fraction of sp³-hybridized carbons (Fsp3) is 0.529. The highest BCUT2D eigenvalue weighted by Crippen LogP contribution is 2.17. The van der Waals surface area contributed by atoms with Crippen LogP contribution in [0.4, 0.5) is 0 Å². The van der Waals surface area contributed by atoms with Gasteiger partial charge in [0.05, 0.1) is 24.7 Å². The van der Waals surface area contributed by atoms with Crippen LogP contribution in [0.25, 0.3) is 0 Å². The topological polar surface area (TPSA) is 118 Å². The first-order valence-corrected chi connectivity index (χ1v) is 10.1. The molecule has 1 fully saturated rings. The van der Waals surface area contributed by atoms with E-state index in [2.05, 4.69) is 10.5 Å². The number of hydrogen-bond acceptors (Lipinski definition) is 7. The van der Waals surface area contributed by atoms with Crippen LogP contribution in [0.5, 0.6) is 0 Å². The number of benzene rings is 1. The Bertz CT molecular complexity index is 757. The van der Waals surface area contributed by atoms with Crippen LogP contribution in [-0.2, 0) is 24.4 Å². The van der Waals surface area contributed by atoms with E-state index in [1.54, 1.807) is 6.92 Å². The van der Waals surface area contributed by atoms with Crippen LogP contribution in [0.15, 0.2) is 34.3 Å². The molecule has 1 heterocycles. The van der Waals surface area contributed by atoms with E-state index in [1.807, 2.05) is 0 Å². The molecule has 1 atom stereocenters. The molecule has 0 aliphatic carbocycles. The molecule has 10 heteroatoms. The van der Waals surface area contributed by atoms with Gasteiger partial charge >= 0.3 is 0 Å². The number of ether oxygens (including phenoxy) is 1. The van der Waals surface area contributed by atoms with Crippen LogP contribution in [0, 0.1) is 0 Å². The molecule has 0 saturated carbocycles. The van der Waals surface area contributed by atoms with Gasteiger partial charge in [-0.2, -0.15) is 4.31 Å². The van der Waals surface area contributed by atoms with E-state index in [4.69, 9.17) is 14.7 Å². The van der Waals surface area contributed by atoms with Crippen LogP contribution in [0.1, 0.15) is 18.9 Å². The summed E-state index contributed by atoms with van der Waals surface area (Å²) in [5.74, 6) is -0.444. The molecule has 0 spiro atoms. The van der Waals surface area contributed by atoms with Gasteiger partial charge < -0.3 is 20.0 Å². The van der Waals surface area contributed by atoms with Gasteiger partial charge in [0.1, 0.15) is 0 Å². The zero-order chi connectivity index (χ0) is 19.9. The molecule has 1 aliphatic heterocycles. The van der Waals surface area contributed by atoms with Crippen molar-refractivity contribution in [1.82, 2.24) is 9.62 Å². The molecule has 0 radical (unpaired) electrons. The number of carbonyl (C=O) groups is 1. The monoisotopic (exact) mass is 399 g/mol. The second kappa shape index (κ2) is 9.79. The van der Waals surface area contributed by atoms with Gasteiger partial charge in [-0.15, -0.1) is 0 Å².